The Bertz CT molecular complexity index is 698. The van der Waals surface area contributed by atoms with E-state index in [0.29, 0.717) is 19.3 Å². The molecule has 0 fully saturated rings. The van der Waals surface area contributed by atoms with Crippen molar-refractivity contribution in [3.63, 3.8) is 0 Å². The molecule has 2 rings (SSSR count). The summed E-state index contributed by atoms with van der Waals surface area (Å²) in [5.41, 5.74) is 2.55. The normalized spacial score (nSPS) is 12.1. The number of hydrogen-bond donors (Lipinski definition) is 0. The van der Waals surface area contributed by atoms with E-state index in [2.05, 4.69) is 61.3 Å². The molecule has 0 N–H and O–H groups in total. The fourth-order valence-corrected chi connectivity index (χ4v) is 3.51. The van der Waals surface area contributed by atoms with Crippen LogP contribution in [0.5, 0.6) is 0 Å². The van der Waals surface area contributed by atoms with Crippen LogP contribution in [0.3, 0.4) is 0 Å². The Kier molecular flexibility index (Phi) is 9.01. The van der Waals surface area contributed by atoms with Gasteiger partial charge in [0.1, 0.15) is 6.61 Å². The average Bonchev–Trinajstić information content (AvgIpc) is 2.66. The molecule has 0 aliphatic rings. The summed E-state index contributed by atoms with van der Waals surface area (Å²) >= 11 is 0. The Morgan fingerprint density at radius 1 is 1.11 bits per heavy atom. The summed E-state index contributed by atoms with van der Waals surface area (Å²) in [5.74, 6) is 0. The van der Waals surface area contributed by atoms with Crippen molar-refractivity contribution in [3.05, 3.63) is 59.9 Å². The molecule has 0 spiro atoms. The predicted octanol–water partition coefficient (Wildman–Crippen LogP) is 6.42. The molecular weight excluding hydrogens is 376 g/mol. The summed E-state index contributed by atoms with van der Waals surface area (Å²) in [6.07, 6.45) is 5.93. The maximum atomic E-state index is 5.82. The second-order valence-electron chi connectivity index (χ2n) is 7.14. The number of aromatic nitrogens is 1. The average molecular weight is 405 g/mol. The van der Waals surface area contributed by atoms with Crippen molar-refractivity contribution in [2.45, 2.75) is 57.5 Å². The van der Waals surface area contributed by atoms with Gasteiger partial charge in [-0.3, -0.25) is 4.98 Å². The molecular formula is C21H28N2O2S2. The summed E-state index contributed by atoms with van der Waals surface area (Å²) in [7, 11) is 2.85. The number of benzene rings is 1. The molecule has 0 amide bonds. The van der Waals surface area contributed by atoms with Gasteiger partial charge in [0.2, 0.25) is 0 Å². The number of unbranched alkanes of at least 4 members (excludes halogenated alkanes) is 1. The van der Waals surface area contributed by atoms with Gasteiger partial charge in [0.15, 0.2) is 0 Å². The quantitative estimate of drug-likeness (QED) is 0.167. The van der Waals surface area contributed by atoms with Crippen molar-refractivity contribution in [2.24, 2.45) is 4.40 Å². The molecule has 1 aromatic heterocycles. The van der Waals surface area contributed by atoms with Gasteiger partial charge in [-0.25, -0.2) is 0 Å². The zero-order valence-electron chi connectivity index (χ0n) is 16.5. The van der Waals surface area contributed by atoms with E-state index >= 15 is 0 Å². The van der Waals surface area contributed by atoms with Crippen LogP contribution in [0.4, 0.5) is 0 Å². The van der Waals surface area contributed by atoms with Crippen molar-refractivity contribution in [1.29, 1.82) is 0 Å². The van der Waals surface area contributed by atoms with E-state index in [4.69, 9.17) is 9.47 Å². The third kappa shape index (κ3) is 8.26. The van der Waals surface area contributed by atoms with Gasteiger partial charge in [-0.1, -0.05) is 58.4 Å². The van der Waals surface area contributed by atoms with Crippen LogP contribution in [-0.4, -0.2) is 17.7 Å². The number of ether oxygens (including phenoxy) is 2. The van der Waals surface area contributed by atoms with Crippen LogP contribution in [0.15, 0.2) is 58.1 Å². The highest BCUT2D eigenvalue weighted by Gasteiger charge is 2.13. The molecule has 0 bridgehead atoms. The fourth-order valence-electron chi connectivity index (χ4n) is 2.13. The summed E-state index contributed by atoms with van der Waals surface area (Å²) in [6.45, 7) is 9.81. The highest BCUT2D eigenvalue weighted by Crippen LogP contribution is 2.31. The Balaban J connectivity index is 1.91. The molecule has 4 nitrogen and oxygen atoms in total. The first-order chi connectivity index (χ1) is 13.0. The Labute approximate surface area is 170 Å². The van der Waals surface area contributed by atoms with Crippen LogP contribution in [0.1, 0.15) is 51.7 Å². The number of nitrogens with zero attached hydrogens (tertiary/aromatic N) is 2. The minimum absolute atomic E-state index is 0.148. The largest absolute Gasteiger partial charge is 0.450 e. The van der Waals surface area contributed by atoms with E-state index in [-0.39, 0.29) is 5.41 Å². The Hall–Kier alpha value is -1.66. The van der Waals surface area contributed by atoms with E-state index in [1.807, 2.05) is 18.3 Å². The molecule has 0 radical (unpaired) electrons. The van der Waals surface area contributed by atoms with Gasteiger partial charge in [-0.2, -0.15) is 0 Å². The van der Waals surface area contributed by atoms with Crippen LogP contribution in [0.2, 0.25) is 0 Å². The van der Waals surface area contributed by atoms with Gasteiger partial charge in [-0.15, -0.1) is 4.40 Å². The highest BCUT2D eigenvalue weighted by atomic mass is 33.1. The summed E-state index contributed by atoms with van der Waals surface area (Å²) < 4.78 is 15.9. The van der Waals surface area contributed by atoms with Gasteiger partial charge < -0.3 is 9.47 Å². The zero-order valence-corrected chi connectivity index (χ0v) is 18.1. The number of hydrogen-bond acceptors (Lipinski definition) is 6. The lowest BCUT2D eigenvalue weighted by Gasteiger charge is -2.19. The summed E-state index contributed by atoms with van der Waals surface area (Å²) in [6, 6.07) is 12.4. The lowest BCUT2D eigenvalue weighted by molar-refractivity contribution is 0.157. The monoisotopic (exact) mass is 404 g/mol. The van der Waals surface area contributed by atoms with Gasteiger partial charge in [0, 0.05) is 17.3 Å². The highest BCUT2D eigenvalue weighted by molar-refractivity contribution is 8.76. The molecule has 0 saturated heterocycles. The second-order valence-corrected chi connectivity index (χ2v) is 9.06. The lowest BCUT2D eigenvalue weighted by atomic mass is 9.87. The van der Waals surface area contributed by atoms with E-state index in [1.165, 1.54) is 27.3 Å². The molecule has 146 valence electrons. The molecule has 0 aliphatic carbocycles. The van der Waals surface area contributed by atoms with Crippen LogP contribution >= 0.6 is 21.8 Å². The maximum Gasteiger partial charge on any atom is 0.396 e. The van der Waals surface area contributed by atoms with Crippen molar-refractivity contribution in [1.82, 2.24) is 4.98 Å². The molecule has 2 aromatic rings. The number of rotatable bonds is 8. The standard InChI is InChI=1S/C21H28N2O2S2/c1-5-6-14-24-20(23-27-26-19-8-7-13-22-15-19)25-16-17-9-11-18(12-10-17)21(2,3)4/h7-13,15H,5-6,14,16H2,1-4H3/b23-20+. The topological polar surface area (TPSA) is 43.7 Å². The fraction of sp³-hybridized carbons (Fsp3) is 0.429. The molecule has 6 heteroatoms. The van der Waals surface area contributed by atoms with Gasteiger partial charge >= 0.3 is 6.08 Å². The van der Waals surface area contributed by atoms with E-state index in [0.717, 1.165) is 23.3 Å². The van der Waals surface area contributed by atoms with Crippen molar-refractivity contribution >= 4 is 27.9 Å². The summed E-state index contributed by atoms with van der Waals surface area (Å²) in [4.78, 5) is 5.14. The Morgan fingerprint density at radius 2 is 1.89 bits per heavy atom. The van der Waals surface area contributed by atoms with E-state index < -0.39 is 0 Å². The first kappa shape index (κ1) is 21.6. The smallest absolute Gasteiger partial charge is 0.396 e. The van der Waals surface area contributed by atoms with Crippen LogP contribution in [0.25, 0.3) is 0 Å². The third-order valence-corrected chi connectivity index (χ3v) is 5.54. The zero-order chi connectivity index (χ0) is 19.5. The predicted molar refractivity (Wildman–Crippen MR) is 116 cm³/mol. The number of pyridine rings is 1. The van der Waals surface area contributed by atoms with Crippen molar-refractivity contribution < 1.29 is 9.47 Å². The molecule has 0 saturated carbocycles. The van der Waals surface area contributed by atoms with Crippen molar-refractivity contribution in [3.8, 4) is 0 Å². The van der Waals surface area contributed by atoms with E-state index in [9.17, 15) is 0 Å². The van der Waals surface area contributed by atoms with Gasteiger partial charge in [-0.05, 0) is 45.9 Å². The first-order valence-corrected chi connectivity index (χ1v) is 11.3. The minimum Gasteiger partial charge on any atom is -0.450 e. The lowest BCUT2D eigenvalue weighted by Crippen LogP contribution is -2.12. The van der Waals surface area contributed by atoms with Crippen LogP contribution < -0.4 is 0 Å². The Morgan fingerprint density at radius 3 is 2.52 bits per heavy atom. The van der Waals surface area contributed by atoms with Crippen molar-refractivity contribution in [2.75, 3.05) is 6.61 Å². The van der Waals surface area contributed by atoms with Gasteiger partial charge in [0.05, 0.1) is 17.6 Å². The second kappa shape index (κ2) is 11.2. The molecule has 0 aliphatic heterocycles. The molecule has 1 heterocycles. The minimum atomic E-state index is 0.148. The molecule has 1 aromatic carbocycles. The van der Waals surface area contributed by atoms with Crippen LogP contribution in [0, 0.1) is 0 Å². The van der Waals surface area contributed by atoms with Gasteiger partial charge in [0.25, 0.3) is 0 Å². The molecule has 27 heavy (non-hydrogen) atoms. The maximum absolute atomic E-state index is 5.82. The van der Waals surface area contributed by atoms with Crippen LogP contribution in [-0.2, 0) is 21.5 Å². The molecule has 0 unspecified atom stereocenters. The van der Waals surface area contributed by atoms with E-state index in [1.54, 1.807) is 6.20 Å². The molecule has 0 atom stereocenters. The SMILES string of the molecule is CCCCO/C(=N\SSc1cccnc1)OCc1ccc(C(C)(C)C)cc1. The third-order valence-electron chi connectivity index (χ3n) is 3.79. The first-order valence-electron chi connectivity index (χ1n) is 9.16. The summed E-state index contributed by atoms with van der Waals surface area (Å²) in [5, 5.41) is 0.